The molecule has 0 atom stereocenters. The van der Waals surface area contributed by atoms with Crippen molar-refractivity contribution in [1.29, 1.82) is 0 Å². The maximum Gasteiger partial charge on any atom is 0.365 e. The molecule has 3 nitrogen and oxygen atoms in total. The zero-order valence-corrected chi connectivity index (χ0v) is 16.8. The van der Waals surface area contributed by atoms with E-state index < -0.39 is 5.97 Å². The number of rotatable bonds is 4. The van der Waals surface area contributed by atoms with E-state index in [9.17, 15) is 4.79 Å². The van der Waals surface area contributed by atoms with Crippen molar-refractivity contribution >= 4 is 37.5 Å². The Hall–Kier alpha value is -2.98. The van der Waals surface area contributed by atoms with Crippen molar-refractivity contribution in [2.45, 2.75) is 26.7 Å². The quantitative estimate of drug-likeness (QED) is 0.250. The van der Waals surface area contributed by atoms with Gasteiger partial charge in [0.25, 0.3) is 0 Å². The molecule has 4 heteroatoms. The van der Waals surface area contributed by atoms with E-state index in [-0.39, 0.29) is 0 Å². The van der Waals surface area contributed by atoms with Crippen LogP contribution in [-0.2, 0) is 17.7 Å². The van der Waals surface area contributed by atoms with E-state index in [1.165, 1.54) is 15.8 Å². The standard InChI is InChI=1S/C24H21NO2S/c1-3-16-14-17(4-2)23-20(15-16)22(19-12-8-9-13-21(19)28-23)25-27-24(26)18-10-6-5-7-11-18/h5-15H,3-4H2,1-2H3/b25-22+. The molecule has 0 fully saturated rings. The first-order valence-corrected chi connectivity index (χ1v) is 10.3. The fourth-order valence-corrected chi connectivity index (χ4v) is 4.58. The molecule has 0 amide bonds. The van der Waals surface area contributed by atoms with Crippen molar-refractivity contribution in [1.82, 2.24) is 0 Å². The van der Waals surface area contributed by atoms with E-state index in [0.717, 1.165) is 33.7 Å². The third-order valence-corrected chi connectivity index (χ3v) is 6.12. The summed E-state index contributed by atoms with van der Waals surface area (Å²) < 4.78 is 2.33. The Labute approximate surface area is 167 Å². The molecule has 0 unspecified atom stereocenters. The molecule has 1 heterocycles. The van der Waals surface area contributed by atoms with Gasteiger partial charge < -0.3 is 4.84 Å². The summed E-state index contributed by atoms with van der Waals surface area (Å²) in [5.41, 5.74) is 3.05. The van der Waals surface area contributed by atoms with Crippen LogP contribution >= 0.6 is 11.3 Å². The minimum absolute atomic E-state index is 0.451. The Bertz CT molecular complexity index is 1230. The second-order valence-electron chi connectivity index (χ2n) is 6.62. The normalized spacial score (nSPS) is 11.9. The van der Waals surface area contributed by atoms with Gasteiger partial charge in [0.05, 0.1) is 5.56 Å². The molecule has 4 rings (SSSR count). The highest BCUT2D eigenvalue weighted by Crippen LogP contribution is 2.29. The van der Waals surface area contributed by atoms with Crippen LogP contribution < -0.4 is 5.36 Å². The van der Waals surface area contributed by atoms with Crippen molar-refractivity contribution in [3.63, 3.8) is 0 Å². The van der Waals surface area contributed by atoms with Crippen LogP contribution in [0.5, 0.6) is 0 Å². The molecule has 140 valence electrons. The smallest absolute Gasteiger partial charge is 0.312 e. The van der Waals surface area contributed by atoms with Gasteiger partial charge in [0.2, 0.25) is 0 Å². The van der Waals surface area contributed by atoms with E-state index >= 15 is 0 Å². The minimum Gasteiger partial charge on any atom is -0.312 e. The largest absolute Gasteiger partial charge is 0.365 e. The van der Waals surface area contributed by atoms with Crippen LogP contribution in [-0.4, -0.2) is 5.97 Å². The number of aryl methyl sites for hydroxylation is 2. The average Bonchev–Trinajstić information content (AvgIpc) is 2.76. The van der Waals surface area contributed by atoms with Gasteiger partial charge in [-0.2, -0.15) is 0 Å². The number of carbonyl (C=O) groups excluding carboxylic acids is 1. The summed E-state index contributed by atoms with van der Waals surface area (Å²) in [6.07, 6.45) is 1.89. The lowest BCUT2D eigenvalue weighted by Crippen LogP contribution is -2.10. The second kappa shape index (κ2) is 7.95. The van der Waals surface area contributed by atoms with Gasteiger partial charge in [-0.3, -0.25) is 0 Å². The zero-order chi connectivity index (χ0) is 19.5. The molecule has 0 aliphatic heterocycles. The fourth-order valence-electron chi connectivity index (χ4n) is 3.34. The van der Waals surface area contributed by atoms with Crippen LogP contribution in [0.15, 0.2) is 71.9 Å². The van der Waals surface area contributed by atoms with Crippen LogP contribution in [0, 0.1) is 0 Å². The number of hydrogen-bond acceptors (Lipinski definition) is 4. The molecule has 0 spiro atoms. The highest BCUT2D eigenvalue weighted by atomic mass is 32.1. The predicted molar refractivity (Wildman–Crippen MR) is 116 cm³/mol. The maximum atomic E-state index is 12.4. The highest BCUT2D eigenvalue weighted by molar-refractivity contribution is 7.24. The molecule has 0 N–H and O–H groups in total. The second-order valence-corrected chi connectivity index (χ2v) is 7.67. The Morgan fingerprint density at radius 3 is 2.43 bits per heavy atom. The fraction of sp³-hybridized carbons (Fsp3) is 0.167. The molecule has 0 saturated carbocycles. The molecule has 4 aromatic rings. The molecular formula is C24H21NO2S. The van der Waals surface area contributed by atoms with E-state index in [2.05, 4.69) is 37.2 Å². The molecule has 0 bridgehead atoms. The van der Waals surface area contributed by atoms with Gasteiger partial charge in [-0.15, -0.1) is 11.3 Å². The van der Waals surface area contributed by atoms with Crippen LogP contribution in [0.2, 0.25) is 0 Å². The number of benzene rings is 3. The molecule has 1 aromatic heterocycles. The van der Waals surface area contributed by atoms with Gasteiger partial charge in [0.15, 0.2) is 0 Å². The Balaban J connectivity index is 1.97. The van der Waals surface area contributed by atoms with Gasteiger partial charge in [0, 0.05) is 20.2 Å². The number of hydrogen-bond donors (Lipinski definition) is 0. The van der Waals surface area contributed by atoms with Crippen molar-refractivity contribution in [2.75, 3.05) is 0 Å². The highest BCUT2D eigenvalue weighted by Gasteiger charge is 2.11. The van der Waals surface area contributed by atoms with E-state index in [1.54, 1.807) is 23.5 Å². The first kappa shape index (κ1) is 18.4. The summed E-state index contributed by atoms with van der Waals surface area (Å²) >= 11 is 1.77. The summed E-state index contributed by atoms with van der Waals surface area (Å²) in [6, 6.07) is 21.5. The number of fused-ring (bicyclic) bond motifs is 2. The summed E-state index contributed by atoms with van der Waals surface area (Å²) in [5.74, 6) is -0.451. The predicted octanol–water partition coefficient (Wildman–Crippen LogP) is 5.85. The van der Waals surface area contributed by atoms with E-state index in [0.29, 0.717) is 5.56 Å². The topological polar surface area (TPSA) is 38.7 Å². The Kier molecular flexibility index (Phi) is 5.22. The average molecular weight is 388 g/mol. The van der Waals surface area contributed by atoms with Crippen molar-refractivity contribution in [3.05, 3.63) is 88.8 Å². The van der Waals surface area contributed by atoms with Gasteiger partial charge in [0.1, 0.15) is 5.36 Å². The van der Waals surface area contributed by atoms with Crippen LogP contribution in [0.4, 0.5) is 0 Å². The van der Waals surface area contributed by atoms with Gasteiger partial charge in [-0.1, -0.05) is 61.5 Å². The molecule has 0 radical (unpaired) electrons. The summed E-state index contributed by atoms with van der Waals surface area (Å²) in [4.78, 5) is 17.8. The minimum atomic E-state index is -0.451. The zero-order valence-electron chi connectivity index (χ0n) is 15.9. The summed E-state index contributed by atoms with van der Waals surface area (Å²) in [5, 5.41) is 7.11. The number of nitrogens with zero attached hydrogens (tertiary/aromatic N) is 1. The Morgan fingerprint density at radius 1 is 0.929 bits per heavy atom. The third-order valence-electron chi connectivity index (χ3n) is 4.85. The van der Waals surface area contributed by atoms with Gasteiger partial charge >= 0.3 is 5.97 Å². The molecule has 3 aromatic carbocycles. The van der Waals surface area contributed by atoms with Crippen molar-refractivity contribution < 1.29 is 9.63 Å². The molecule has 0 aliphatic rings. The monoisotopic (exact) mass is 387 g/mol. The maximum absolute atomic E-state index is 12.4. The third kappa shape index (κ3) is 3.43. The summed E-state index contributed by atoms with van der Waals surface area (Å²) in [7, 11) is 0. The lowest BCUT2D eigenvalue weighted by molar-refractivity contribution is 0.0499. The van der Waals surface area contributed by atoms with Crippen LogP contribution in [0.1, 0.15) is 35.3 Å². The molecule has 28 heavy (non-hydrogen) atoms. The van der Waals surface area contributed by atoms with Crippen molar-refractivity contribution in [2.24, 2.45) is 5.16 Å². The van der Waals surface area contributed by atoms with E-state index in [1.807, 2.05) is 36.4 Å². The lowest BCUT2D eigenvalue weighted by atomic mass is 10.0. The lowest BCUT2D eigenvalue weighted by Gasteiger charge is -2.10. The molecule has 0 aliphatic carbocycles. The van der Waals surface area contributed by atoms with Gasteiger partial charge in [-0.05, 0) is 48.2 Å². The Morgan fingerprint density at radius 2 is 1.68 bits per heavy atom. The SMILES string of the molecule is CCc1cc(CC)c2sc3ccccc3/c(=N\OC(=O)c3ccccc3)c2c1. The molecule has 0 saturated heterocycles. The van der Waals surface area contributed by atoms with Crippen molar-refractivity contribution in [3.8, 4) is 0 Å². The summed E-state index contributed by atoms with van der Waals surface area (Å²) in [6.45, 7) is 4.32. The molecular weight excluding hydrogens is 366 g/mol. The number of carbonyl (C=O) groups is 1. The first-order chi connectivity index (χ1) is 13.7. The van der Waals surface area contributed by atoms with E-state index in [4.69, 9.17) is 4.84 Å². The van der Waals surface area contributed by atoms with Crippen LogP contribution in [0.25, 0.3) is 20.2 Å². The van der Waals surface area contributed by atoms with Crippen LogP contribution in [0.3, 0.4) is 0 Å². The van der Waals surface area contributed by atoms with Gasteiger partial charge in [-0.25, -0.2) is 4.79 Å². The first-order valence-electron chi connectivity index (χ1n) is 9.49.